The Balaban J connectivity index is 1.38. The van der Waals surface area contributed by atoms with Gasteiger partial charge in [0, 0.05) is 11.6 Å². The molecule has 5 rings (SSSR count). The Morgan fingerprint density at radius 3 is 2.51 bits per heavy atom. The largest absolute Gasteiger partial charge is 0.478 e. The van der Waals surface area contributed by atoms with Crippen LogP contribution in [-0.2, 0) is 10.0 Å². The third kappa shape index (κ3) is 5.46. The summed E-state index contributed by atoms with van der Waals surface area (Å²) in [4.78, 5) is 23.5. The number of aromatic carboxylic acids is 1. The number of H-pyrrole nitrogens is 1. The van der Waals surface area contributed by atoms with Crippen molar-refractivity contribution in [2.45, 2.75) is 50.0 Å². The van der Waals surface area contributed by atoms with Gasteiger partial charge in [0.15, 0.2) is 5.65 Å². The van der Waals surface area contributed by atoms with Crippen LogP contribution in [0.15, 0.2) is 53.4 Å². The first-order valence-electron chi connectivity index (χ1n) is 11.9. The predicted octanol–water partition coefficient (Wildman–Crippen LogP) is 5.69. The summed E-state index contributed by atoms with van der Waals surface area (Å²) >= 11 is 6.49. The van der Waals surface area contributed by atoms with Crippen molar-refractivity contribution in [2.75, 3.05) is 0 Å². The first kappa shape index (κ1) is 25.2. The summed E-state index contributed by atoms with van der Waals surface area (Å²) in [6.07, 6.45) is 4.93. The van der Waals surface area contributed by atoms with E-state index in [9.17, 15) is 18.3 Å². The Bertz CT molecular complexity index is 1580. The van der Waals surface area contributed by atoms with Crippen LogP contribution in [0.25, 0.3) is 22.4 Å². The topological polar surface area (TPSA) is 134 Å². The van der Waals surface area contributed by atoms with E-state index in [1.54, 1.807) is 49.4 Å². The highest BCUT2D eigenvalue weighted by Crippen LogP contribution is 2.31. The molecule has 0 radical (unpaired) electrons. The molecule has 2 aromatic heterocycles. The fourth-order valence-electron chi connectivity index (χ4n) is 4.45. The van der Waals surface area contributed by atoms with Crippen molar-refractivity contribution in [3.63, 3.8) is 0 Å². The van der Waals surface area contributed by atoms with Crippen LogP contribution in [0.2, 0.25) is 5.02 Å². The number of aromatic amines is 1. The molecule has 0 saturated heterocycles. The van der Waals surface area contributed by atoms with Crippen LogP contribution in [-0.4, -0.2) is 40.5 Å². The van der Waals surface area contributed by atoms with Crippen LogP contribution in [0.4, 0.5) is 0 Å². The van der Waals surface area contributed by atoms with Gasteiger partial charge in [-0.25, -0.2) is 22.9 Å². The normalized spacial score (nSPS) is 14.6. The minimum Gasteiger partial charge on any atom is -0.478 e. The van der Waals surface area contributed by atoms with Crippen LogP contribution in [0.5, 0.6) is 11.8 Å². The van der Waals surface area contributed by atoms with E-state index in [0.29, 0.717) is 38.8 Å². The van der Waals surface area contributed by atoms with Gasteiger partial charge in [0.25, 0.3) is 0 Å². The predicted molar refractivity (Wildman–Crippen MR) is 140 cm³/mol. The molecule has 4 aromatic rings. The number of rotatable bonds is 7. The summed E-state index contributed by atoms with van der Waals surface area (Å²) in [5.74, 6) is -0.735. The molecule has 192 valence electrons. The summed E-state index contributed by atoms with van der Waals surface area (Å²) < 4.78 is 34.1. The number of hydrogen-bond donors (Lipinski definition) is 3. The second kappa shape index (κ2) is 10.1. The van der Waals surface area contributed by atoms with Gasteiger partial charge >= 0.3 is 12.0 Å². The lowest BCUT2D eigenvalue weighted by atomic mass is 9.96. The Kier molecular flexibility index (Phi) is 6.89. The third-order valence-electron chi connectivity index (χ3n) is 6.42. The minimum atomic E-state index is -3.62. The highest BCUT2D eigenvalue weighted by Gasteiger charge is 2.22. The number of carbonyl (C=O) groups is 1. The molecule has 37 heavy (non-hydrogen) atoms. The van der Waals surface area contributed by atoms with Crippen molar-refractivity contribution in [1.29, 1.82) is 0 Å². The first-order valence-corrected chi connectivity index (χ1v) is 13.8. The van der Waals surface area contributed by atoms with Crippen molar-refractivity contribution >= 4 is 38.8 Å². The summed E-state index contributed by atoms with van der Waals surface area (Å²) in [7, 11) is -3.62. The van der Waals surface area contributed by atoms with E-state index in [2.05, 4.69) is 19.7 Å². The smallest absolute Gasteiger partial charge is 0.336 e. The van der Waals surface area contributed by atoms with Gasteiger partial charge in [-0.3, -0.25) is 0 Å². The maximum Gasteiger partial charge on any atom is 0.336 e. The maximum absolute atomic E-state index is 12.8. The molecule has 0 amide bonds. The molecule has 0 aliphatic heterocycles. The lowest BCUT2D eigenvalue weighted by molar-refractivity contribution is 0.0695. The van der Waals surface area contributed by atoms with Crippen molar-refractivity contribution in [2.24, 2.45) is 0 Å². The molecule has 2 aromatic carbocycles. The van der Waals surface area contributed by atoms with E-state index in [0.717, 1.165) is 32.1 Å². The lowest BCUT2D eigenvalue weighted by Crippen LogP contribution is -2.36. The van der Waals surface area contributed by atoms with Gasteiger partial charge in [0.2, 0.25) is 10.0 Å². The van der Waals surface area contributed by atoms with E-state index in [-0.39, 0.29) is 22.5 Å². The van der Waals surface area contributed by atoms with Crippen LogP contribution < -0.4 is 9.46 Å². The number of nitrogens with one attached hydrogen (secondary N) is 2. The highest BCUT2D eigenvalue weighted by atomic mass is 35.5. The van der Waals surface area contributed by atoms with Crippen LogP contribution in [0.3, 0.4) is 0 Å². The summed E-state index contributed by atoms with van der Waals surface area (Å²) in [5.41, 5.74) is 2.71. The quantitative estimate of drug-likeness (QED) is 0.274. The number of benzene rings is 2. The van der Waals surface area contributed by atoms with E-state index < -0.39 is 16.0 Å². The second-order valence-electron chi connectivity index (χ2n) is 9.10. The number of aryl methyl sites for hydroxylation is 1. The Hall–Kier alpha value is -3.47. The molecule has 1 aliphatic rings. The van der Waals surface area contributed by atoms with Crippen molar-refractivity contribution in [1.82, 2.24) is 19.7 Å². The molecule has 0 spiro atoms. The van der Waals surface area contributed by atoms with Crippen molar-refractivity contribution < 1.29 is 23.1 Å². The zero-order valence-electron chi connectivity index (χ0n) is 20.0. The number of ether oxygens (including phenoxy) is 1. The molecule has 11 heteroatoms. The van der Waals surface area contributed by atoms with E-state index in [4.69, 9.17) is 16.3 Å². The molecular weight excluding hydrogens is 516 g/mol. The van der Waals surface area contributed by atoms with Gasteiger partial charge in [-0.1, -0.05) is 49.1 Å². The average Bonchev–Trinajstić information content (AvgIpc) is 3.26. The zero-order valence-corrected chi connectivity index (χ0v) is 21.6. The number of hydrogen-bond acceptors (Lipinski definition) is 6. The molecule has 1 fully saturated rings. The van der Waals surface area contributed by atoms with Gasteiger partial charge < -0.3 is 14.8 Å². The third-order valence-corrected chi connectivity index (χ3v) is 8.25. The van der Waals surface area contributed by atoms with Crippen molar-refractivity contribution in [3.8, 4) is 23.0 Å². The summed E-state index contributed by atoms with van der Waals surface area (Å²) in [6.45, 7) is 1.71. The number of fused-ring (bicyclic) bond motifs is 1. The molecule has 1 saturated carbocycles. The number of carboxylic acid groups (broad SMARTS) is 1. The molecule has 2 heterocycles. The summed E-state index contributed by atoms with van der Waals surface area (Å²) in [6, 6.07) is 12.9. The molecule has 1 aliphatic carbocycles. The number of nitrogens with zero attached hydrogens (tertiary/aromatic N) is 2. The fourth-order valence-corrected chi connectivity index (χ4v) is 6.02. The van der Waals surface area contributed by atoms with Gasteiger partial charge in [-0.05, 0) is 55.7 Å². The number of imidazole rings is 1. The molecule has 0 bridgehead atoms. The average molecular weight is 541 g/mol. The molecule has 0 atom stereocenters. The number of aromatic nitrogens is 3. The van der Waals surface area contributed by atoms with Gasteiger partial charge in [0.1, 0.15) is 5.75 Å². The minimum absolute atomic E-state index is 0.0244. The van der Waals surface area contributed by atoms with Gasteiger partial charge in [-0.2, -0.15) is 4.98 Å². The van der Waals surface area contributed by atoms with Crippen LogP contribution in [0, 0.1) is 6.92 Å². The van der Waals surface area contributed by atoms with Crippen LogP contribution >= 0.6 is 11.6 Å². The fraction of sp³-hybridized carbons (Fsp3) is 0.269. The van der Waals surface area contributed by atoms with Gasteiger partial charge in [-0.15, -0.1) is 0 Å². The monoisotopic (exact) mass is 540 g/mol. The number of pyridine rings is 1. The molecule has 3 N–H and O–H groups in total. The second-order valence-corrected chi connectivity index (χ2v) is 11.2. The number of halogens is 1. The number of carboxylic acids is 1. The van der Waals surface area contributed by atoms with E-state index in [1.165, 1.54) is 6.07 Å². The maximum atomic E-state index is 12.8. The SMILES string of the molecule is Cc1ccc(Oc2nc3nc(-c4ccc(S(=O)(=O)NC5CCCCC5)cc4)c(Cl)cc3[nH]2)cc1C(=O)O. The Morgan fingerprint density at radius 1 is 1.08 bits per heavy atom. The van der Waals surface area contributed by atoms with Crippen molar-refractivity contribution in [3.05, 3.63) is 64.7 Å². The standard InChI is InChI=1S/C26H25ClN4O5S/c1-15-7-10-18(13-20(15)25(32)33)36-26-28-22-14-21(27)23(29-24(22)30-26)16-8-11-19(12-9-16)37(34,35)31-17-5-3-2-4-6-17/h7-14,17,31H,2-6H2,1H3,(H,32,33)(H,28,29,30). The highest BCUT2D eigenvalue weighted by molar-refractivity contribution is 7.89. The molecular formula is C26H25ClN4O5S. The van der Waals surface area contributed by atoms with Crippen LogP contribution in [0.1, 0.15) is 48.0 Å². The lowest BCUT2D eigenvalue weighted by Gasteiger charge is -2.22. The Morgan fingerprint density at radius 2 is 1.81 bits per heavy atom. The summed E-state index contributed by atoms with van der Waals surface area (Å²) in [5, 5.41) is 9.68. The number of sulfonamides is 1. The van der Waals surface area contributed by atoms with Gasteiger partial charge in [0.05, 0.1) is 26.7 Å². The zero-order chi connectivity index (χ0) is 26.2. The first-order chi connectivity index (χ1) is 17.7. The Labute approximate surface area is 218 Å². The molecule has 0 unspecified atom stereocenters. The van der Waals surface area contributed by atoms with E-state index in [1.807, 2.05) is 0 Å². The van der Waals surface area contributed by atoms with E-state index >= 15 is 0 Å². The molecule has 9 nitrogen and oxygen atoms in total.